The lowest BCUT2D eigenvalue weighted by atomic mass is 10.1. The Labute approximate surface area is 145 Å². The molecule has 130 valence electrons. The number of rotatable bonds is 5. The molecule has 3 rings (SSSR count). The van der Waals surface area contributed by atoms with Crippen LogP contribution >= 0.6 is 0 Å². The molecule has 1 amide bonds. The van der Waals surface area contributed by atoms with Crippen LogP contribution in [0.2, 0.25) is 0 Å². The Bertz CT molecular complexity index is 990. The molecule has 3 N–H and O–H groups in total. The first kappa shape index (κ1) is 17.0. The second-order valence-electron chi connectivity index (χ2n) is 5.91. The van der Waals surface area contributed by atoms with Gasteiger partial charge in [0.15, 0.2) is 0 Å². The van der Waals surface area contributed by atoms with Gasteiger partial charge >= 0.3 is 0 Å². The van der Waals surface area contributed by atoms with E-state index in [0.29, 0.717) is 39.9 Å². The van der Waals surface area contributed by atoms with Crippen LogP contribution in [0.3, 0.4) is 0 Å². The van der Waals surface area contributed by atoms with Crippen molar-refractivity contribution in [1.82, 2.24) is 4.90 Å². The van der Waals surface area contributed by atoms with E-state index in [0.717, 1.165) is 13.1 Å². The van der Waals surface area contributed by atoms with Crippen molar-refractivity contribution < 1.29 is 9.21 Å². The zero-order valence-electron chi connectivity index (χ0n) is 14.3. The molecule has 1 heterocycles. The van der Waals surface area contributed by atoms with Gasteiger partial charge < -0.3 is 15.5 Å². The molecule has 0 aliphatic carbocycles. The van der Waals surface area contributed by atoms with Crippen LogP contribution in [0.15, 0.2) is 45.6 Å². The Balaban J connectivity index is 1.95. The highest BCUT2D eigenvalue weighted by molar-refractivity contribution is 5.96. The van der Waals surface area contributed by atoms with Crippen LogP contribution < -0.4 is 16.5 Å². The smallest absolute Gasteiger partial charge is 0.238 e. The van der Waals surface area contributed by atoms with Gasteiger partial charge in [0.25, 0.3) is 0 Å². The van der Waals surface area contributed by atoms with Gasteiger partial charge in [-0.2, -0.15) is 0 Å². The molecule has 2 aromatic carbocycles. The number of anilines is 2. The van der Waals surface area contributed by atoms with E-state index in [1.165, 1.54) is 0 Å². The van der Waals surface area contributed by atoms with Crippen LogP contribution in [-0.2, 0) is 4.79 Å². The predicted octanol–water partition coefficient (Wildman–Crippen LogP) is 2.81. The largest absolute Gasteiger partial charge is 0.456 e. The maximum Gasteiger partial charge on any atom is 0.238 e. The first-order valence-electron chi connectivity index (χ1n) is 8.30. The van der Waals surface area contributed by atoms with E-state index >= 15 is 0 Å². The fourth-order valence-corrected chi connectivity index (χ4v) is 2.80. The molecule has 1 aromatic heterocycles. The molecule has 6 nitrogen and oxygen atoms in total. The van der Waals surface area contributed by atoms with Crippen molar-refractivity contribution >= 4 is 39.2 Å². The average molecular weight is 339 g/mol. The fourth-order valence-electron chi connectivity index (χ4n) is 2.80. The van der Waals surface area contributed by atoms with Crippen molar-refractivity contribution in [3.05, 3.63) is 46.6 Å². The van der Waals surface area contributed by atoms with E-state index in [4.69, 9.17) is 10.2 Å². The van der Waals surface area contributed by atoms with Gasteiger partial charge in [0.1, 0.15) is 11.2 Å². The second-order valence-corrected chi connectivity index (χ2v) is 5.91. The van der Waals surface area contributed by atoms with Crippen LogP contribution in [0.4, 0.5) is 11.4 Å². The number of nitrogens with two attached hydrogens (primary N) is 1. The Kier molecular flexibility index (Phi) is 4.72. The second kappa shape index (κ2) is 6.94. The van der Waals surface area contributed by atoms with Gasteiger partial charge in [-0.15, -0.1) is 0 Å². The van der Waals surface area contributed by atoms with Crippen LogP contribution in [0.1, 0.15) is 13.8 Å². The summed E-state index contributed by atoms with van der Waals surface area (Å²) in [4.78, 5) is 26.7. The molecule has 25 heavy (non-hydrogen) atoms. The Hall–Kier alpha value is -2.86. The average Bonchev–Trinajstić information content (AvgIpc) is 2.60. The molecule has 0 fully saturated rings. The minimum absolute atomic E-state index is 0.0982. The van der Waals surface area contributed by atoms with E-state index in [1.807, 2.05) is 18.7 Å². The summed E-state index contributed by atoms with van der Waals surface area (Å²) in [6.07, 6.45) is 0. The maximum atomic E-state index is 12.6. The first-order valence-corrected chi connectivity index (χ1v) is 8.30. The molecule has 3 aromatic rings. The maximum absolute atomic E-state index is 12.6. The van der Waals surface area contributed by atoms with E-state index in [2.05, 4.69) is 5.32 Å². The summed E-state index contributed by atoms with van der Waals surface area (Å²) < 4.78 is 5.81. The van der Waals surface area contributed by atoms with Crippen LogP contribution in [-0.4, -0.2) is 30.4 Å². The first-order chi connectivity index (χ1) is 12.0. The number of likely N-dealkylation sites (N-methyl/N-ethyl adjacent to an activating group) is 1. The minimum atomic E-state index is -0.135. The third kappa shape index (κ3) is 3.49. The Morgan fingerprint density at radius 2 is 1.84 bits per heavy atom. The standard InChI is InChI=1S/C19H21N3O3/c1-3-22(4-2)11-18(23)21-13-6-7-14-17(10-13)25-16-8-5-12(20)9-15(16)19(14)24/h5-10H,3-4,11,20H2,1-2H3,(H,21,23). The van der Waals surface area contributed by atoms with Crippen LogP contribution in [0.25, 0.3) is 21.9 Å². The van der Waals surface area contributed by atoms with E-state index < -0.39 is 0 Å². The molecule has 0 radical (unpaired) electrons. The lowest BCUT2D eigenvalue weighted by Gasteiger charge is -2.17. The summed E-state index contributed by atoms with van der Waals surface area (Å²) in [7, 11) is 0. The SMILES string of the molecule is CCN(CC)CC(=O)Nc1ccc2c(=O)c3cc(N)ccc3oc2c1. The molecular weight excluding hydrogens is 318 g/mol. The van der Waals surface area contributed by atoms with Gasteiger partial charge in [-0.25, -0.2) is 0 Å². The summed E-state index contributed by atoms with van der Waals surface area (Å²) in [6, 6.07) is 10.0. The molecule has 0 saturated carbocycles. The summed E-state index contributed by atoms with van der Waals surface area (Å²) in [5.41, 5.74) is 7.63. The summed E-state index contributed by atoms with van der Waals surface area (Å²) >= 11 is 0. The molecule has 0 unspecified atom stereocenters. The summed E-state index contributed by atoms with van der Waals surface area (Å²) in [6.45, 7) is 5.97. The molecule has 0 atom stereocenters. The normalized spacial score (nSPS) is 11.3. The number of nitrogens with zero attached hydrogens (tertiary/aromatic N) is 1. The highest BCUT2D eigenvalue weighted by Crippen LogP contribution is 2.23. The van der Waals surface area contributed by atoms with Crippen molar-refractivity contribution in [3.8, 4) is 0 Å². The number of carbonyl (C=O) groups is 1. The van der Waals surface area contributed by atoms with Gasteiger partial charge in [0, 0.05) is 17.4 Å². The summed E-state index contributed by atoms with van der Waals surface area (Å²) in [5.74, 6) is -0.0982. The number of nitrogen functional groups attached to an aromatic ring is 1. The predicted molar refractivity (Wildman–Crippen MR) is 101 cm³/mol. The van der Waals surface area contributed by atoms with E-state index in [1.54, 1.807) is 36.4 Å². The van der Waals surface area contributed by atoms with Crippen molar-refractivity contribution in [1.29, 1.82) is 0 Å². The quantitative estimate of drug-likeness (QED) is 0.551. The molecule has 6 heteroatoms. The van der Waals surface area contributed by atoms with Crippen LogP contribution in [0.5, 0.6) is 0 Å². The molecule has 0 aliphatic rings. The topological polar surface area (TPSA) is 88.6 Å². The number of hydrogen-bond donors (Lipinski definition) is 2. The number of fused-ring (bicyclic) bond motifs is 2. The minimum Gasteiger partial charge on any atom is -0.456 e. The van der Waals surface area contributed by atoms with Crippen LogP contribution in [0, 0.1) is 0 Å². The zero-order chi connectivity index (χ0) is 18.0. The highest BCUT2D eigenvalue weighted by atomic mass is 16.3. The van der Waals surface area contributed by atoms with Crippen molar-refractivity contribution in [2.45, 2.75) is 13.8 Å². The third-order valence-electron chi connectivity index (χ3n) is 4.24. The fraction of sp³-hybridized carbons (Fsp3) is 0.263. The number of benzene rings is 2. The third-order valence-corrected chi connectivity index (χ3v) is 4.24. The Morgan fingerprint density at radius 3 is 2.56 bits per heavy atom. The van der Waals surface area contributed by atoms with E-state index in [-0.39, 0.29) is 11.3 Å². The molecule has 0 saturated heterocycles. The zero-order valence-corrected chi connectivity index (χ0v) is 14.3. The molecule has 0 spiro atoms. The van der Waals surface area contributed by atoms with Crippen molar-refractivity contribution in [3.63, 3.8) is 0 Å². The number of nitrogens with one attached hydrogen (secondary N) is 1. The monoisotopic (exact) mass is 339 g/mol. The lowest BCUT2D eigenvalue weighted by Crippen LogP contribution is -2.32. The molecule has 0 bridgehead atoms. The number of carbonyl (C=O) groups excluding carboxylic acids is 1. The van der Waals surface area contributed by atoms with Crippen molar-refractivity contribution in [2.24, 2.45) is 0 Å². The van der Waals surface area contributed by atoms with Crippen molar-refractivity contribution in [2.75, 3.05) is 30.7 Å². The van der Waals surface area contributed by atoms with Gasteiger partial charge in [0.05, 0.1) is 17.3 Å². The van der Waals surface area contributed by atoms with Gasteiger partial charge in [-0.05, 0) is 43.4 Å². The van der Waals surface area contributed by atoms with E-state index in [9.17, 15) is 9.59 Å². The number of hydrogen-bond acceptors (Lipinski definition) is 5. The Morgan fingerprint density at radius 1 is 1.08 bits per heavy atom. The van der Waals surface area contributed by atoms with Gasteiger partial charge in [-0.1, -0.05) is 13.8 Å². The van der Waals surface area contributed by atoms with Gasteiger partial charge in [0.2, 0.25) is 11.3 Å². The number of amides is 1. The molecule has 0 aliphatic heterocycles. The highest BCUT2D eigenvalue weighted by Gasteiger charge is 2.11. The van der Waals surface area contributed by atoms with Gasteiger partial charge in [-0.3, -0.25) is 14.5 Å². The molecular formula is C19H21N3O3. The lowest BCUT2D eigenvalue weighted by molar-refractivity contribution is -0.117. The summed E-state index contributed by atoms with van der Waals surface area (Å²) in [5, 5.41) is 3.76.